The number of rotatable bonds is 5. The fourth-order valence-corrected chi connectivity index (χ4v) is 3.14. The molecule has 0 unspecified atom stereocenters. The molecule has 0 spiro atoms. The van der Waals surface area contributed by atoms with E-state index in [0.717, 1.165) is 37.0 Å². The first-order valence-corrected chi connectivity index (χ1v) is 8.12. The molecule has 120 valence electrons. The van der Waals surface area contributed by atoms with Crippen molar-refractivity contribution in [1.82, 2.24) is 10.1 Å². The van der Waals surface area contributed by atoms with Gasteiger partial charge >= 0.3 is 0 Å². The van der Waals surface area contributed by atoms with Gasteiger partial charge in [-0.15, -0.1) is 0 Å². The quantitative estimate of drug-likeness (QED) is 0.840. The minimum absolute atomic E-state index is 0.0378. The van der Waals surface area contributed by atoms with Gasteiger partial charge in [0.1, 0.15) is 11.6 Å². The first-order valence-electron chi connectivity index (χ1n) is 8.12. The van der Waals surface area contributed by atoms with Crippen LogP contribution in [0.1, 0.15) is 59.5 Å². The number of amides is 1. The predicted octanol–water partition coefficient (Wildman–Crippen LogP) is 3.91. The largest absolute Gasteiger partial charge is 0.360 e. The highest BCUT2D eigenvalue weighted by Crippen LogP contribution is 2.45. The van der Waals surface area contributed by atoms with Crippen LogP contribution in [0.4, 0.5) is 4.39 Å². The Morgan fingerprint density at radius 1 is 1.26 bits per heavy atom. The van der Waals surface area contributed by atoms with E-state index in [1.807, 2.05) is 0 Å². The Morgan fingerprint density at radius 3 is 2.57 bits per heavy atom. The van der Waals surface area contributed by atoms with Crippen LogP contribution in [0, 0.1) is 11.7 Å². The van der Waals surface area contributed by atoms with Crippen LogP contribution in [-0.4, -0.2) is 23.0 Å². The van der Waals surface area contributed by atoms with Crippen molar-refractivity contribution in [2.45, 2.75) is 37.6 Å². The zero-order valence-electron chi connectivity index (χ0n) is 13.0. The van der Waals surface area contributed by atoms with E-state index in [9.17, 15) is 9.18 Å². The fraction of sp³-hybridized carbons (Fsp3) is 0.444. The molecule has 2 fully saturated rings. The molecule has 1 aromatic heterocycles. The van der Waals surface area contributed by atoms with Gasteiger partial charge in [-0.1, -0.05) is 17.3 Å². The topological polar surface area (TPSA) is 46.3 Å². The first kappa shape index (κ1) is 14.4. The van der Waals surface area contributed by atoms with Gasteiger partial charge in [-0.3, -0.25) is 4.79 Å². The molecule has 23 heavy (non-hydrogen) atoms. The monoisotopic (exact) mass is 314 g/mol. The molecule has 1 atom stereocenters. The molecular formula is C18H19FN2O2. The number of nitrogens with zero attached hydrogens (tertiary/aromatic N) is 2. The number of aromatic nitrogens is 1. The normalized spacial score (nSPS) is 18.7. The molecule has 2 aromatic rings. The summed E-state index contributed by atoms with van der Waals surface area (Å²) in [5.74, 6) is 1.28. The van der Waals surface area contributed by atoms with E-state index in [-0.39, 0.29) is 17.8 Å². The van der Waals surface area contributed by atoms with Crippen molar-refractivity contribution in [3.8, 4) is 0 Å². The molecule has 0 aliphatic heterocycles. The van der Waals surface area contributed by atoms with E-state index < -0.39 is 0 Å². The highest BCUT2D eigenvalue weighted by Gasteiger charge is 2.38. The minimum Gasteiger partial charge on any atom is -0.360 e. The molecule has 4 nitrogen and oxygen atoms in total. The zero-order valence-corrected chi connectivity index (χ0v) is 13.0. The summed E-state index contributed by atoms with van der Waals surface area (Å²) in [5.41, 5.74) is 1.33. The van der Waals surface area contributed by atoms with Crippen LogP contribution in [0.3, 0.4) is 0 Å². The van der Waals surface area contributed by atoms with Gasteiger partial charge in [0.25, 0.3) is 5.91 Å². The molecular weight excluding hydrogens is 295 g/mol. The molecule has 2 aliphatic rings. The average molecular weight is 314 g/mol. The Hall–Kier alpha value is -2.17. The first-order chi connectivity index (χ1) is 11.1. The molecule has 0 saturated heterocycles. The number of carbonyl (C=O) groups excluding carboxylic acids is 1. The van der Waals surface area contributed by atoms with E-state index >= 15 is 0 Å². The molecule has 1 heterocycles. The van der Waals surface area contributed by atoms with Crippen molar-refractivity contribution in [3.63, 3.8) is 0 Å². The standard InChI is InChI=1S/C18H19FN2O2/c1-21(18(22)15-10-16(23-20-15)11-2-3-11)17(12-4-5-12)13-6-8-14(19)9-7-13/h6-12,17H,2-5H2,1H3/t17-/m0/s1. The van der Waals surface area contributed by atoms with E-state index in [1.54, 1.807) is 30.1 Å². The predicted molar refractivity (Wildman–Crippen MR) is 82.4 cm³/mol. The zero-order chi connectivity index (χ0) is 16.0. The van der Waals surface area contributed by atoms with Gasteiger partial charge in [0.05, 0.1) is 6.04 Å². The molecule has 1 amide bonds. The van der Waals surface area contributed by atoms with Gasteiger partial charge < -0.3 is 9.42 Å². The molecule has 0 bridgehead atoms. The van der Waals surface area contributed by atoms with Crippen LogP contribution in [-0.2, 0) is 0 Å². The molecule has 2 aliphatic carbocycles. The summed E-state index contributed by atoms with van der Waals surface area (Å²) in [6.07, 6.45) is 4.40. The van der Waals surface area contributed by atoms with Crippen molar-refractivity contribution in [3.05, 3.63) is 53.2 Å². The van der Waals surface area contributed by atoms with Crippen LogP contribution in [0.5, 0.6) is 0 Å². The lowest BCUT2D eigenvalue weighted by atomic mass is 10.0. The summed E-state index contributed by atoms with van der Waals surface area (Å²) in [4.78, 5) is 14.5. The summed E-state index contributed by atoms with van der Waals surface area (Å²) < 4.78 is 18.5. The number of hydrogen-bond acceptors (Lipinski definition) is 3. The third kappa shape index (κ3) is 2.87. The third-order valence-electron chi connectivity index (χ3n) is 4.74. The Morgan fingerprint density at radius 2 is 1.96 bits per heavy atom. The summed E-state index contributed by atoms with van der Waals surface area (Å²) >= 11 is 0. The second-order valence-corrected chi connectivity index (χ2v) is 6.64. The Kier molecular flexibility index (Phi) is 3.43. The van der Waals surface area contributed by atoms with Crippen LogP contribution in [0.25, 0.3) is 0 Å². The van der Waals surface area contributed by atoms with E-state index in [2.05, 4.69) is 5.16 Å². The summed E-state index contributed by atoms with van der Waals surface area (Å²) in [6, 6.07) is 8.16. The Balaban J connectivity index is 1.57. The number of hydrogen-bond donors (Lipinski definition) is 0. The third-order valence-corrected chi connectivity index (χ3v) is 4.74. The fourth-order valence-electron chi connectivity index (χ4n) is 3.14. The lowest BCUT2D eigenvalue weighted by Gasteiger charge is -2.28. The molecule has 1 aromatic carbocycles. The van der Waals surface area contributed by atoms with Gasteiger partial charge in [-0.25, -0.2) is 4.39 Å². The van der Waals surface area contributed by atoms with E-state index in [0.29, 0.717) is 17.5 Å². The summed E-state index contributed by atoms with van der Waals surface area (Å²) in [7, 11) is 1.79. The SMILES string of the molecule is CN(C(=O)c1cc(C2CC2)on1)[C@H](c1ccc(F)cc1)C1CC1. The lowest BCUT2D eigenvalue weighted by molar-refractivity contribution is 0.0700. The second-order valence-electron chi connectivity index (χ2n) is 6.64. The maximum absolute atomic E-state index is 13.2. The summed E-state index contributed by atoms with van der Waals surface area (Å²) in [5, 5.41) is 3.94. The van der Waals surface area contributed by atoms with Gasteiger partial charge in [0.2, 0.25) is 0 Å². The maximum Gasteiger partial charge on any atom is 0.276 e. The average Bonchev–Trinajstić information content (AvgIpc) is 3.49. The smallest absolute Gasteiger partial charge is 0.276 e. The number of benzene rings is 1. The maximum atomic E-state index is 13.2. The molecule has 0 radical (unpaired) electrons. The summed E-state index contributed by atoms with van der Waals surface area (Å²) in [6.45, 7) is 0. The minimum atomic E-state index is -0.261. The van der Waals surface area contributed by atoms with Crippen molar-refractivity contribution in [1.29, 1.82) is 0 Å². The Bertz CT molecular complexity index is 717. The number of halogens is 1. The second kappa shape index (κ2) is 5.48. The van der Waals surface area contributed by atoms with Crippen molar-refractivity contribution in [2.75, 3.05) is 7.05 Å². The molecule has 4 rings (SSSR count). The van der Waals surface area contributed by atoms with E-state index in [4.69, 9.17) is 4.52 Å². The van der Waals surface area contributed by atoms with E-state index in [1.165, 1.54) is 12.1 Å². The van der Waals surface area contributed by atoms with Crippen molar-refractivity contribution in [2.24, 2.45) is 5.92 Å². The highest BCUT2D eigenvalue weighted by atomic mass is 19.1. The van der Waals surface area contributed by atoms with Gasteiger partial charge in [-0.05, 0) is 49.3 Å². The van der Waals surface area contributed by atoms with Crippen LogP contribution in [0.2, 0.25) is 0 Å². The van der Waals surface area contributed by atoms with Crippen LogP contribution < -0.4 is 0 Å². The molecule has 0 N–H and O–H groups in total. The molecule has 2 saturated carbocycles. The van der Waals surface area contributed by atoms with Crippen molar-refractivity contribution < 1.29 is 13.7 Å². The molecule has 5 heteroatoms. The van der Waals surface area contributed by atoms with Gasteiger partial charge in [-0.2, -0.15) is 0 Å². The van der Waals surface area contributed by atoms with Crippen molar-refractivity contribution >= 4 is 5.91 Å². The lowest BCUT2D eigenvalue weighted by Crippen LogP contribution is -2.32. The Labute approximate surface area is 134 Å². The van der Waals surface area contributed by atoms with Crippen LogP contribution in [0.15, 0.2) is 34.9 Å². The highest BCUT2D eigenvalue weighted by molar-refractivity contribution is 5.92. The van der Waals surface area contributed by atoms with Crippen LogP contribution >= 0.6 is 0 Å². The van der Waals surface area contributed by atoms with Gasteiger partial charge in [0, 0.05) is 19.0 Å². The number of carbonyl (C=O) groups is 1. The van der Waals surface area contributed by atoms with Gasteiger partial charge in [0.15, 0.2) is 5.69 Å².